The number of thioether (sulfide) groups is 1. The number of hydrogen-bond acceptors (Lipinski definition) is 6. The Balaban J connectivity index is 1.65. The van der Waals surface area contributed by atoms with Gasteiger partial charge in [0.2, 0.25) is 11.8 Å². The molecule has 2 aromatic carbocycles. The van der Waals surface area contributed by atoms with Gasteiger partial charge in [-0.1, -0.05) is 23.4 Å². The fourth-order valence-electron chi connectivity index (χ4n) is 2.47. The van der Waals surface area contributed by atoms with E-state index in [0.717, 1.165) is 30.0 Å². The maximum atomic E-state index is 12.9. The first-order valence-corrected chi connectivity index (χ1v) is 10.3. The molecule has 0 bridgehead atoms. The van der Waals surface area contributed by atoms with Gasteiger partial charge in [-0.2, -0.15) is 13.2 Å². The highest BCUT2D eigenvalue weighted by molar-refractivity contribution is 8.00. The molecular weight excluding hydrogens is 455 g/mol. The Morgan fingerprint density at radius 1 is 1.23 bits per heavy atom. The van der Waals surface area contributed by atoms with Crippen molar-refractivity contribution in [1.82, 2.24) is 10.2 Å². The van der Waals surface area contributed by atoms with Crippen LogP contribution in [0.1, 0.15) is 19.4 Å². The van der Waals surface area contributed by atoms with E-state index in [2.05, 4.69) is 15.5 Å². The summed E-state index contributed by atoms with van der Waals surface area (Å²) in [7, 11) is 0. The number of benzene rings is 2. The van der Waals surface area contributed by atoms with Crippen molar-refractivity contribution < 1.29 is 27.1 Å². The van der Waals surface area contributed by atoms with E-state index in [1.165, 1.54) is 0 Å². The molecule has 1 aromatic heterocycles. The lowest BCUT2D eigenvalue weighted by atomic mass is 10.2. The van der Waals surface area contributed by atoms with Crippen LogP contribution in [0.15, 0.2) is 52.1 Å². The zero-order valence-electron chi connectivity index (χ0n) is 16.4. The summed E-state index contributed by atoms with van der Waals surface area (Å²) in [5.41, 5.74) is -0.366. The fraction of sp³-hybridized carbons (Fsp3) is 0.250. The second-order valence-corrected chi connectivity index (χ2v) is 7.97. The number of carbonyl (C=O) groups is 1. The molecule has 0 unspecified atom stereocenters. The maximum absolute atomic E-state index is 12.9. The molecule has 0 saturated carbocycles. The summed E-state index contributed by atoms with van der Waals surface area (Å²) in [6, 6.07) is 9.78. The average Bonchev–Trinajstić information content (AvgIpc) is 3.18. The molecule has 1 heterocycles. The molecule has 11 heteroatoms. The summed E-state index contributed by atoms with van der Waals surface area (Å²) >= 11 is 6.89. The molecule has 1 atom stereocenters. The van der Waals surface area contributed by atoms with E-state index in [1.807, 2.05) is 6.92 Å². The topological polar surface area (TPSA) is 77.2 Å². The number of alkyl halides is 3. The van der Waals surface area contributed by atoms with Crippen molar-refractivity contribution in [2.24, 2.45) is 0 Å². The van der Waals surface area contributed by atoms with Crippen LogP contribution >= 0.6 is 23.4 Å². The fourth-order valence-corrected chi connectivity index (χ4v) is 3.32. The molecule has 0 aliphatic rings. The number of carbonyl (C=O) groups excluding carboxylic acids is 1. The minimum atomic E-state index is -4.55. The molecule has 1 N–H and O–H groups in total. The Bertz CT molecular complexity index is 1060. The number of rotatable bonds is 7. The van der Waals surface area contributed by atoms with Gasteiger partial charge in [0.05, 0.1) is 28.1 Å². The van der Waals surface area contributed by atoms with Crippen molar-refractivity contribution >= 4 is 35.0 Å². The molecule has 3 rings (SSSR count). The Morgan fingerprint density at radius 2 is 1.94 bits per heavy atom. The molecule has 6 nitrogen and oxygen atoms in total. The van der Waals surface area contributed by atoms with Crippen molar-refractivity contribution in [2.45, 2.75) is 30.5 Å². The van der Waals surface area contributed by atoms with E-state index in [-0.39, 0.29) is 21.8 Å². The van der Waals surface area contributed by atoms with Gasteiger partial charge in [-0.3, -0.25) is 4.79 Å². The van der Waals surface area contributed by atoms with Gasteiger partial charge in [0.25, 0.3) is 5.22 Å². The molecule has 3 aromatic rings. The summed E-state index contributed by atoms with van der Waals surface area (Å²) in [6.45, 7) is 3.99. The summed E-state index contributed by atoms with van der Waals surface area (Å²) in [4.78, 5) is 12.4. The van der Waals surface area contributed by atoms with Crippen LogP contribution in [0.2, 0.25) is 5.02 Å². The first-order chi connectivity index (χ1) is 14.7. The lowest BCUT2D eigenvalue weighted by Gasteiger charge is -2.13. The number of nitrogens with zero attached hydrogens (tertiary/aromatic N) is 2. The van der Waals surface area contributed by atoms with Crippen molar-refractivity contribution in [1.29, 1.82) is 0 Å². The second-order valence-electron chi connectivity index (χ2n) is 6.27. The van der Waals surface area contributed by atoms with Gasteiger partial charge in [0.15, 0.2) is 0 Å². The third-order valence-electron chi connectivity index (χ3n) is 4.02. The largest absolute Gasteiger partial charge is 0.494 e. The molecule has 0 aliphatic carbocycles. The van der Waals surface area contributed by atoms with Gasteiger partial charge in [0.1, 0.15) is 5.75 Å². The van der Waals surface area contributed by atoms with Crippen molar-refractivity contribution in [3.8, 4) is 17.2 Å². The zero-order valence-corrected chi connectivity index (χ0v) is 17.9. The Labute approximate surface area is 185 Å². The number of halogens is 4. The lowest BCUT2D eigenvalue weighted by Crippen LogP contribution is -2.23. The second kappa shape index (κ2) is 9.61. The van der Waals surface area contributed by atoms with Crippen LogP contribution < -0.4 is 10.1 Å². The standard InChI is InChI=1S/C20H17ClF3N3O3S/c1-3-29-14-7-4-12(5-8-14)18-26-27-19(30-18)31-11(2)17(28)25-16-10-13(20(22,23)24)6-9-15(16)21/h4-11H,3H2,1-2H3,(H,25,28)/t11-/m0/s1. The molecule has 0 spiro atoms. The highest BCUT2D eigenvalue weighted by Gasteiger charge is 2.31. The van der Waals surface area contributed by atoms with E-state index >= 15 is 0 Å². The predicted octanol–water partition coefficient (Wildman–Crippen LogP) is 5.93. The first kappa shape index (κ1) is 23.0. The first-order valence-electron chi connectivity index (χ1n) is 9.08. The van der Waals surface area contributed by atoms with E-state index in [9.17, 15) is 18.0 Å². The minimum absolute atomic E-state index is 0.00544. The molecular formula is C20H17ClF3N3O3S. The van der Waals surface area contributed by atoms with Gasteiger partial charge in [-0.15, -0.1) is 10.2 Å². The highest BCUT2D eigenvalue weighted by Crippen LogP contribution is 2.34. The van der Waals surface area contributed by atoms with E-state index in [0.29, 0.717) is 17.9 Å². The van der Waals surface area contributed by atoms with Gasteiger partial charge in [-0.25, -0.2) is 0 Å². The Kier molecular flexibility index (Phi) is 7.11. The lowest BCUT2D eigenvalue weighted by molar-refractivity contribution is -0.137. The van der Waals surface area contributed by atoms with Crippen LogP contribution in [0, 0.1) is 0 Å². The maximum Gasteiger partial charge on any atom is 0.416 e. The summed E-state index contributed by atoms with van der Waals surface area (Å²) in [5, 5.41) is 9.66. The van der Waals surface area contributed by atoms with Crippen molar-refractivity contribution in [3.05, 3.63) is 53.1 Å². The van der Waals surface area contributed by atoms with Gasteiger partial charge in [0, 0.05) is 5.56 Å². The summed E-state index contributed by atoms with van der Waals surface area (Å²) in [5.74, 6) is 0.407. The summed E-state index contributed by atoms with van der Waals surface area (Å²) < 4.78 is 49.6. The average molecular weight is 472 g/mol. The van der Waals surface area contributed by atoms with Crippen molar-refractivity contribution in [3.63, 3.8) is 0 Å². The molecule has 31 heavy (non-hydrogen) atoms. The number of nitrogens with one attached hydrogen (secondary N) is 1. The van der Waals surface area contributed by atoms with E-state index < -0.39 is 22.9 Å². The molecule has 0 fully saturated rings. The van der Waals surface area contributed by atoms with Crippen molar-refractivity contribution in [2.75, 3.05) is 11.9 Å². The number of anilines is 1. The molecule has 0 saturated heterocycles. The number of hydrogen-bond donors (Lipinski definition) is 1. The number of ether oxygens (including phenoxy) is 1. The summed E-state index contributed by atoms with van der Waals surface area (Å²) in [6.07, 6.45) is -4.55. The van der Waals surface area contributed by atoms with E-state index in [4.69, 9.17) is 20.8 Å². The normalized spacial score (nSPS) is 12.5. The highest BCUT2D eigenvalue weighted by atomic mass is 35.5. The third kappa shape index (κ3) is 5.92. The van der Waals surface area contributed by atoms with Crippen LogP contribution in [-0.4, -0.2) is 28.0 Å². The molecule has 164 valence electrons. The molecule has 0 radical (unpaired) electrons. The van der Waals surface area contributed by atoms with Gasteiger partial charge >= 0.3 is 6.18 Å². The monoisotopic (exact) mass is 471 g/mol. The molecule has 1 amide bonds. The van der Waals surface area contributed by atoms with Gasteiger partial charge in [-0.05, 0) is 56.3 Å². The van der Waals surface area contributed by atoms with Crippen LogP contribution in [0.4, 0.5) is 18.9 Å². The van der Waals surface area contributed by atoms with Crippen LogP contribution in [-0.2, 0) is 11.0 Å². The quantitative estimate of drug-likeness (QED) is 0.430. The Morgan fingerprint density at radius 3 is 2.58 bits per heavy atom. The minimum Gasteiger partial charge on any atom is -0.494 e. The van der Waals surface area contributed by atoms with Crippen LogP contribution in [0.3, 0.4) is 0 Å². The SMILES string of the molecule is CCOc1ccc(-c2nnc(S[C@@H](C)C(=O)Nc3cc(C(F)(F)F)ccc3Cl)o2)cc1. The van der Waals surface area contributed by atoms with Gasteiger partial charge < -0.3 is 14.5 Å². The smallest absolute Gasteiger partial charge is 0.416 e. The van der Waals surface area contributed by atoms with Crippen LogP contribution in [0.5, 0.6) is 5.75 Å². The number of amides is 1. The molecule has 0 aliphatic heterocycles. The van der Waals surface area contributed by atoms with Crippen LogP contribution in [0.25, 0.3) is 11.5 Å². The third-order valence-corrected chi connectivity index (χ3v) is 5.28. The van der Waals surface area contributed by atoms with E-state index in [1.54, 1.807) is 31.2 Å². The Hall–Kier alpha value is -2.72. The number of aromatic nitrogens is 2. The zero-order chi connectivity index (χ0) is 22.6. The predicted molar refractivity (Wildman–Crippen MR) is 111 cm³/mol.